The van der Waals surface area contributed by atoms with Gasteiger partial charge in [-0.1, -0.05) is 30.3 Å². The van der Waals surface area contributed by atoms with Crippen LogP contribution in [0.15, 0.2) is 73.1 Å². The Balaban J connectivity index is 1.77. The monoisotopic (exact) mass is 356 g/mol. The number of benzene rings is 2. The molecule has 6 heteroatoms. The average molecular weight is 356 g/mol. The summed E-state index contributed by atoms with van der Waals surface area (Å²) < 4.78 is 41.4. The molecule has 0 radical (unpaired) electrons. The third-order valence-electron chi connectivity index (χ3n) is 3.92. The fraction of sp³-hybridized carbons (Fsp3) is 0.100. The van der Waals surface area contributed by atoms with E-state index in [1.54, 1.807) is 30.6 Å². The first-order valence-corrected chi connectivity index (χ1v) is 7.89. The number of hydrogen-bond acceptors (Lipinski definition) is 2. The molecule has 3 aromatic rings. The molecule has 1 amide bonds. The van der Waals surface area contributed by atoms with Gasteiger partial charge >= 0.3 is 5.92 Å². The van der Waals surface area contributed by atoms with Crippen LogP contribution in [-0.4, -0.2) is 10.9 Å². The van der Waals surface area contributed by atoms with E-state index in [0.717, 1.165) is 35.4 Å². The maximum Gasteiger partial charge on any atom is 0.349 e. The van der Waals surface area contributed by atoms with Gasteiger partial charge in [0.1, 0.15) is 5.82 Å². The van der Waals surface area contributed by atoms with Gasteiger partial charge in [0.15, 0.2) is 0 Å². The lowest BCUT2D eigenvalue weighted by Crippen LogP contribution is -2.37. The minimum Gasteiger partial charge on any atom is -0.346 e. The first kappa shape index (κ1) is 17.7. The van der Waals surface area contributed by atoms with E-state index in [2.05, 4.69) is 10.3 Å². The van der Waals surface area contributed by atoms with Gasteiger partial charge in [-0.25, -0.2) is 4.39 Å². The van der Waals surface area contributed by atoms with E-state index in [1.807, 2.05) is 18.2 Å². The van der Waals surface area contributed by atoms with E-state index >= 15 is 0 Å². The van der Waals surface area contributed by atoms with E-state index in [0.29, 0.717) is 5.56 Å². The van der Waals surface area contributed by atoms with Crippen LogP contribution >= 0.6 is 0 Å². The van der Waals surface area contributed by atoms with Gasteiger partial charge in [0, 0.05) is 30.1 Å². The maximum absolute atomic E-state index is 14.3. The molecule has 0 saturated carbocycles. The lowest BCUT2D eigenvalue weighted by atomic mass is 10.0. The lowest BCUT2D eigenvalue weighted by molar-refractivity contribution is -0.147. The van der Waals surface area contributed by atoms with Crippen LogP contribution in [0.3, 0.4) is 0 Å². The summed E-state index contributed by atoms with van der Waals surface area (Å²) in [6.45, 7) is -0.0688. The Kier molecular flexibility index (Phi) is 5.02. The van der Waals surface area contributed by atoms with Crippen molar-refractivity contribution in [2.75, 3.05) is 0 Å². The Hall–Kier alpha value is -3.15. The van der Waals surface area contributed by atoms with E-state index in [9.17, 15) is 18.0 Å². The highest BCUT2D eigenvalue weighted by molar-refractivity contribution is 5.85. The largest absolute Gasteiger partial charge is 0.349 e. The first-order valence-electron chi connectivity index (χ1n) is 7.89. The molecule has 0 unspecified atom stereocenters. The van der Waals surface area contributed by atoms with E-state index < -0.39 is 23.2 Å². The summed E-state index contributed by atoms with van der Waals surface area (Å²) >= 11 is 0. The molecule has 0 aliphatic heterocycles. The molecule has 1 heterocycles. The quantitative estimate of drug-likeness (QED) is 0.741. The molecule has 0 bridgehead atoms. The summed E-state index contributed by atoms with van der Waals surface area (Å²) in [4.78, 5) is 16.0. The van der Waals surface area contributed by atoms with E-state index in [-0.39, 0.29) is 6.54 Å². The van der Waals surface area contributed by atoms with Crippen molar-refractivity contribution in [2.24, 2.45) is 0 Å². The minimum atomic E-state index is -3.75. The summed E-state index contributed by atoms with van der Waals surface area (Å²) in [5.74, 6) is -5.84. The van der Waals surface area contributed by atoms with Crippen LogP contribution in [0.5, 0.6) is 0 Å². The molecule has 26 heavy (non-hydrogen) atoms. The molecule has 0 aliphatic carbocycles. The van der Waals surface area contributed by atoms with Gasteiger partial charge < -0.3 is 5.32 Å². The summed E-state index contributed by atoms with van der Waals surface area (Å²) in [5.41, 5.74) is 1.74. The second-order valence-electron chi connectivity index (χ2n) is 5.66. The van der Waals surface area contributed by atoms with Crippen molar-refractivity contribution in [3.8, 4) is 11.1 Å². The number of pyridine rings is 1. The highest BCUT2D eigenvalue weighted by Gasteiger charge is 2.40. The molecule has 1 N–H and O–H groups in total. The van der Waals surface area contributed by atoms with Crippen LogP contribution in [0.25, 0.3) is 11.1 Å². The smallest absolute Gasteiger partial charge is 0.346 e. The van der Waals surface area contributed by atoms with Crippen molar-refractivity contribution in [1.29, 1.82) is 0 Å². The number of alkyl halides is 2. The number of halogens is 3. The van der Waals surface area contributed by atoms with Crippen LogP contribution in [0.1, 0.15) is 11.1 Å². The minimum absolute atomic E-state index is 0.0688. The molecule has 132 valence electrons. The number of nitrogens with one attached hydrogen (secondary N) is 1. The summed E-state index contributed by atoms with van der Waals surface area (Å²) in [7, 11) is 0. The van der Waals surface area contributed by atoms with Crippen molar-refractivity contribution in [3.63, 3.8) is 0 Å². The number of rotatable bonds is 5. The van der Waals surface area contributed by atoms with Crippen molar-refractivity contribution >= 4 is 5.91 Å². The van der Waals surface area contributed by atoms with Crippen molar-refractivity contribution in [2.45, 2.75) is 12.5 Å². The van der Waals surface area contributed by atoms with Gasteiger partial charge in [-0.05, 0) is 41.5 Å². The number of hydrogen-bond donors (Lipinski definition) is 1. The molecule has 2 aromatic carbocycles. The predicted molar refractivity (Wildman–Crippen MR) is 91.8 cm³/mol. The Bertz CT molecular complexity index is 896. The van der Waals surface area contributed by atoms with Crippen molar-refractivity contribution in [3.05, 3.63) is 90.0 Å². The molecule has 0 spiro atoms. The zero-order valence-electron chi connectivity index (χ0n) is 13.6. The second kappa shape index (κ2) is 7.39. The van der Waals surface area contributed by atoms with Crippen LogP contribution in [0, 0.1) is 5.82 Å². The number of aromatic nitrogens is 1. The fourth-order valence-corrected chi connectivity index (χ4v) is 2.55. The van der Waals surface area contributed by atoms with Crippen molar-refractivity contribution in [1.82, 2.24) is 10.3 Å². The highest BCUT2D eigenvalue weighted by atomic mass is 19.3. The van der Waals surface area contributed by atoms with Gasteiger partial charge in [-0.3, -0.25) is 9.78 Å². The first-order chi connectivity index (χ1) is 12.5. The molecule has 0 atom stereocenters. The summed E-state index contributed by atoms with van der Waals surface area (Å²) in [5, 5.41) is 2.26. The van der Waals surface area contributed by atoms with Crippen LogP contribution < -0.4 is 5.32 Å². The Morgan fingerprint density at radius 2 is 1.73 bits per heavy atom. The number of amides is 1. The van der Waals surface area contributed by atoms with Gasteiger partial charge in [-0.2, -0.15) is 8.78 Å². The third kappa shape index (κ3) is 3.74. The van der Waals surface area contributed by atoms with E-state index in [4.69, 9.17) is 0 Å². The van der Waals surface area contributed by atoms with Gasteiger partial charge in [0.25, 0.3) is 5.91 Å². The number of carbonyl (C=O) groups excluding carboxylic acids is 1. The molecule has 0 aliphatic rings. The van der Waals surface area contributed by atoms with Gasteiger partial charge in [0.05, 0.1) is 0 Å². The van der Waals surface area contributed by atoms with Crippen LogP contribution in [-0.2, 0) is 17.3 Å². The zero-order valence-corrected chi connectivity index (χ0v) is 13.6. The molecule has 0 fully saturated rings. The number of nitrogens with zero attached hydrogens (tertiary/aromatic N) is 1. The summed E-state index contributed by atoms with van der Waals surface area (Å²) in [6, 6.07) is 14.4. The Morgan fingerprint density at radius 3 is 2.42 bits per heavy atom. The fourth-order valence-electron chi connectivity index (χ4n) is 2.55. The second-order valence-corrected chi connectivity index (χ2v) is 5.66. The summed E-state index contributed by atoms with van der Waals surface area (Å²) in [6.07, 6.45) is 3.30. The molecule has 1 aromatic heterocycles. The molecular formula is C20H15F3N2O. The molecule has 0 saturated heterocycles. The standard InChI is InChI=1S/C20H15F3N2O/c21-17-9-7-16(8-10-17)20(22,23)19(26)25-13-15-4-1-2-6-18(15)14-5-3-11-24-12-14/h1-12H,13H2,(H,25,26). The molecular weight excluding hydrogens is 341 g/mol. The third-order valence-corrected chi connectivity index (χ3v) is 3.92. The number of carbonyl (C=O) groups is 1. The molecule has 3 rings (SSSR count). The SMILES string of the molecule is O=C(NCc1ccccc1-c1cccnc1)C(F)(F)c1ccc(F)cc1. The van der Waals surface area contributed by atoms with Crippen LogP contribution in [0.4, 0.5) is 13.2 Å². The predicted octanol–water partition coefficient (Wildman–Crippen LogP) is 4.30. The maximum atomic E-state index is 14.3. The van der Waals surface area contributed by atoms with Crippen molar-refractivity contribution < 1.29 is 18.0 Å². The molecule has 3 nitrogen and oxygen atoms in total. The topological polar surface area (TPSA) is 42.0 Å². The average Bonchev–Trinajstić information content (AvgIpc) is 2.67. The highest BCUT2D eigenvalue weighted by Crippen LogP contribution is 2.29. The Labute approximate surface area is 148 Å². The van der Waals surface area contributed by atoms with Gasteiger partial charge in [0.2, 0.25) is 0 Å². The normalized spacial score (nSPS) is 11.2. The van der Waals surface area contributed by atoms with E-state index in [1.165, 1.54) is 0 Å². The zero-order chi connectivity index (χ0) is 18.6. The Morgan fingerprint density at radius 1 is 1.00 bits per heavy atom. The lowest BCUT2D eigenvalue weighted by Gasteiger charge is -2.17. The van der Waals surface area contributed by atoms with Crippen LogP contribution in [0.2, 0.25) is 0 Å². The van der Waals surface area contributed by atoms with Gasteiger partial charge in [-0.15, -0.1) is 0 Å².